The maximum atomic E-state index is 13.2. The van der Waals surface area contributed by atoms with Gasteiger partial charge >= 0.3 is 5.63 Å². The van der Waals surface area contributed by atoms with Crippen molar-refractivity contribution in [3.8, 4) is 0 Å². The second kappa shape index (κ2) is 16.7. The molecule has 0 fully saturated rings. The summed E-state index contributed by atoms with van der Waals surface area (Å²) in [6.07, 6.45) is 1.40. The van der Waals surface area contributed by atoms with Gasteiger partial charge in [-0.3, -0.25) is 19.2 Å². The molecule has 12 heteroatoms. The van der Waals surface area contributed by atoms with Gasteiger partial charge in [0.2, 0.25) is 23.6 Å². The zero-order valence-electron chi connectivity index (χ0n) is 26.2. The molecule has 0 spiro atoms. The average molecular weight is 641 g/mol. The number of anilines is 3. The molecular weight excluding hydrogens is 600 g/mol. The highest BCUT2D eigenvalue weighted by Gasteiger charge is 2.24. The molecule has 0 aliphatic heterocycles. The van der Waals surface area contributed by atoms with Crippen molar-refractivity contribution >= 4 is 51.7 Å². The van der Waals surface area contributed by atoms with Crippen LogP contribution in [0.1, 0.15) is 43.2 Å². The van der Waals surface area contributed by atoms with Gasteiger partial charge in [0.1, 0.15) is 17.7 Å². The Balaban J connectivity index is 1.37. The number of aryl methyl sites for hydroxylation is 1. The van der Waals surface area contributed by atoms with Crippen LogP contribution in [0.25, 0.3) is 11.0 Å². The van der Waals surface area contributed by atoms with E-state index in [-0.39, 0.29) is 19.3 Å². The van der Waals surface area contributed by atoms with Gasteiger partial charge in [0.05, 0.1) is 0 Å². The normalized spacial score (nSPS) is 12.1. The summed E-state index contributed by atoms with van der Waals surface area (Å²) in [5.74, 6) is -1.88. The summed E-state index contributed by atoms with van der Waals surface area (Å²) in [4.78, 5) is 64.1. The van der Waals surface area contributed by atoms with Crippen LogP contribution in [0, 0.1) is 6.92 Å². The molecule has 0 bridgehead atoms. The van der Waals surface area contributed by atoms with E-state index in [0.29, 0.717) is 48.5 Å². The topological polar surface area (TPSA) is 199 Å². The highest BCUT2D eigenvalue weighted by molar-refractivity contribution is 6.00. The number of hydrogen-bond acceptors (Lipinski definition) is 8. The van der Waals surface area contributed by atoms with Crippen LogP contribution in [0.4, 0.5) is 17.1 Å². The maximum Gasteiger partial charge on any atom is 0.336 e. The SMILES string of the molecule is Cc1cc(=O)oc2cc(NC(=O)[C@@H](CCCCN)NC(=O)CCC(=O)N[C@@H](Cc3ccccc3)C(=O)Nc3ccc(N)cc3)ccc12. The number of carbonyl (C=O) groups is 4. The van der Waals surface area contributed by atoms with Gasteiger partial charge < -0.3 is 37.2 Å². The lowest BCUT2D eigenvalue weighted by molar-refractivity contribution is -0.130. The summed E-state index contributed by atoms with van der Waals surface area (Å²) in [6.45, 7) is 2.22. The number of benzene rings is 3. The first kappa shape index (κ1) is 34.4. The summed E-state index contributed by atoms with van der Waals surface area (Å²) in [5.41, 5.74) is 14.3. The summed E-state index contributed by atoms with van der Waals surface area (Å²) in [7, 11) is 0. The molecule has 0 aliphatic carbocycles. The van der Waals surface area contributed by atoms with Crippen molar-refractivity contribution in [2.75, 3.05) is 22.9 Å². The number of nitrogen functional groups attached to an aromatic ring is 1. The molecule has 0 radical (unpaired) electrons. The molecule has 4 aromatic rings. The van der Waals surface area contributed by atoms with Gasteiger partial charge in [-0.15, -0.1) is 0 Å². The molecule has 12 nitrogen and oxygen atoms in total. The molecule has 0 aliphatic rings. The third-order valence-corrected chi connectivity index (χ3v) is 7.51. The Labute approximate surface area is 272 Å². The van der Waals surface area contributed by atoms with Gasteiger partial charge in [-0.25, -0.2) is 4.79 Å². The molecule has 1 heterocycles. The molecule has 3 aromatic carbocycles. The Kier molecular flexibility index (Phi) is 12.2. The molecule has 4 amide bonds. The Bertz CT molecular complexity index is 1760. The first-order chi connectivity index (χ1) is 22.6. The first-order valence-corrected chi connectivity index (χ1v) is 15.5. The van der Waals surface area contributed by atoms with Crippen LogP contribution in [0.3, 0.4) is 0 Å². The fourth-order valence-electron chi connectivity index (χ4n) is 5.01. The predicted molar refractivity (Wildman–Crippen MR) is 181 cm³/mol. The van der Waals surface area contributed by atoms with Crippen molar-refractivity contribution in [1.82, 2.24) is 10.6 Å². The molecule has 0 saturated carbocycles. The van der Waals surface area contributed by atoms with Crippen LogP contribution < -0.4 is 38.4 Å². The molecule has 47 heavy (non-hydrogen) atoms. The Morgan fingerprint density at radius 3 is 2.06 bits per heavy atom. The lowest BCUT2D eigenvalue weighted by atomic mass is 10.0. The number of hydrogen-bond donors (Lipinski definition) is 6. The van der Waals surface area contributed by atoms with Crippen molar-refractivity contribution in [3.63, 3.8) is 0 Å². The fraction of sp³-hybridized carbons (Fsp3) is 0.286. The maximum absolute atomic E-state index is 13.2. The Hall–Kier alpha value is -5.49. The summed E-state index contributed by atoms with van der Waals surface area (Å²) < 4.78 is 5.27. The van der Waals surface area contributed by atoms with Gasteiger partial charge in [0, 0.05) is 53.8 Å². The summed E-state index contributed by atoms with van der Waals surface area (Å²) in [5, 5.41) is 11.8. The number of carbonyl (C=O) groups excluding carboxylic acids is 4. The van der Waals surface area contributed by atoms with Crippen LogP contribution >= 0.6 is 0 Å². The van der Waals surface area contributed by atoms with Crippen molar-refractivity contribution in [3.05, 3.63) is 100 Å². The second-order valence-corrected chi connectivity index (χ2v) is 11.3. The van der Waals surface area contributed by atoms with E-state index in [1.807, 2.05) is 30.3 Å². The zero-order chi connectivity index (χ0) is 33.8. The molecule has 8 N–H and O–H groups in total. The van der Waals surface area contributed by atoms with E-state index < -0.39 is 41.3 Å². The van der Waals surface area contributed by atoms with Crippen LogP contribution in [-0.4, -0.2) is 42.3 Å². The van der Waals surface area contributed by atoms with Gasteiger partial charge in [-0.05, 0) is 80.3 Å². The molecule has 0 unspecified atom stereocenters. The number of amides is 4. The smallest absolute Gasteiger partial charge is 0.336 e. The standard InChI is InChI=1S/C35H40N6O6/c1-22-19-33(44)47-30-21-26(14-15-27(22)30)39-34(45)28(9-5-6-18-36)40-31(42)16-17-32(43)41-29(20-23-7-3-2-4-8-23)35(46)38-25-12-10-24(37)11-13-25/h2-4,7-8,10-15,19,21,28-29H,5-6,9,16-18,20,36-37H2,1H3,(H,38,46)(H,39,45)(H,40,42)(H,41,43)/t28-,29+/m1/s1. The zero-order valence-corrected chi connectivity index (χ0v) is 26.2. The largest absolute Gasteiger partial charge is 0.423 e. The third kappa shape index (κ3) is 10.5. The van der Waals surface area contributed by atoms with E-state index in [2.05, 4.69) is 21.3 Å². The number of rotatable bonds is 15. The van der Waals surface area contributed by atoms with Crippen molar-refractivity contribution < 1.29 is 23.6 Å². The number of fused-ring (bicyclic) bond motifs is 1. The van der Waals surface area contributed by atoms with E-state index in [0.717, 1.165) is 16.5 Å². The third-order valence-electron chi connectivity index (χ3n) is 7.51. The lowest BCUT2D eigenvalue weighted by Gasteiger charge is -2.20. The lowest BCUT2D eigenvalue weighted by Crippen LogP contribution is -2.46. The van der Waals surface area contributed by atoms with Crippen molar-refractivity contribution in [2.24, 2.45) is 5.73 Å². The second-order valence-electron chi connectivity index (χ2n) is 11.3. The summed E-state index contributed by atoms with van der Waals surface area (Å²) in [6, 6.07) is 20.5. The number of unbranched alkanes of at least 4 members (excludes halogenated alkanes) is 1. The summed E-state index contributed by atoms with van der Waals surface area (Å²) >= 11 is 0. The van der Waals surface area contributed by atoms with E-state index in [9.17, 15) is 24.0 Å². The molecule has 1 aromatic heterocycles. The molecule has 0 saturated heterocycles. The average Bonchev–Trinajstić information content (AvgIpc) is 3.04. The van der Waals surface area contributed by atoms with Crippen LogP contribution in [0.5, 0.6) is 0 Å². The van der Waals surface area contributed by atoms with Crippen LogP contribution in [0.2, 0.25) is 0 Å². The van der Waals surface area contributed by atoms with E-state index >= 15 is 0 Å². The van der Waals surface area contributed by atoms with E-state index in [1.165, 1.54) is 6.07 Å². The number of nitrogens with two attached hydrogens (primary N) is 2. The minimum absolute atomic E-state index is 0.202. The quantitative estimate of drug-likeness (QED) is 0.0645. The van der Waals surface area contributed by atoms with E-state index in [1.54, 1.807) is 49.4 Å². The number of nitrogens with one attached hydrogen (secondary N) is 4. The Morgan fingerprint density at radius 1 is 0.766 bits per heavy atom. The van der Waals surface area contributed by atoms with Gasteiger partial charge in [-0.1, -0.05) is 30.3 Å². The monoisotopic (exact) mass is 640 g/mol. The van der Waals surface area contributed by atoms with Crippen molar-refractivity contribution in [2.45, 2.75) is 57.5 Å². The van der Waals surface area contributed by atoms with Crippen LogP contribution in [0.15, 0.2) is 88.1 Å². The highest BCUT2D eigenvalue weighted by atomic mass is 16.4. The van der Waals surface area contributed by atoms with Gasteiger partial charge in [0.15, 0.2) is 0 Å². The Morgan fingerprint density at radius 2 is 1.38 bits per heavy atom. The molecule has 4 rings (SSSR count). The minimum Gasteiger partial charge on any atom is -0.423 e. The van der Waals surface area contributed by atoms with Gasteiger partial charge in [0.25, 0.3) is 0 Å². The fourth-order valence-corrected chi connectivity index (χ4v) is 5.01. The molecule has 246 valence electrons. The predicted octanol–water partition coefficient (Wildman–Crippen LogP) is 3.38. The molecule has 2 atom stereocenters. The minimum atomic E-state index is -0.907. The van der Waals surface area contributed by atoms with Crippen LogP contribution in [-0.2, 0) is 25.6 Å². The van der Waals surface area contributed by atoms with Crippen molar-refractivity contribution in [1.29, 1.82) is 0 Å². The van der Waals surface area contributed by atoms with Gasteiger partial charge in [-0.2, -0.15) is 0 Å². The highest BCUT2D eigenvalue weighted by Crippen LogP contribution is 2.21. The van der Waals surface area contributed by atoms with E-state index in [4.69, 9.17) is 15.9 Å². The first-order valence-electron chi connectivity index (χ1n) is 15.5. The molecular formula is C35H40N6O6.